The normalized spacial score (nSPS) is 13.6. The molecule has 1 atom stereocenters. The number of rotatable bonds is 6. The van der Waals surface area contributed by atoms with E-state index in [0.717, 1.165) is 12.8 Å². The summed E-state index contributed by atoms with van der Waals surface area (Å²) in [4.78, 5) is 0. The minimum Gasteiger partial charge on any atom is -0.310 e. The second-order valence-corrected chi connectivity index (χ2v) is 4.09. The van der Waals surface area contributed by atoms with Crippen molar-refractivity contribution in [3.8, 4) is 0 Å². The van der Waals surface area contributed by atoms with E-state index in [1.165, 1.54) is 0 Å². The van der Waals surface area contributed by atoms with E-state index < -0.39 is 18.6 Å². The van der Waals surface area contributed by atoms with Crippen LogP contribution in [-0.4, -0.2) is 12.7 Å². The zero-order valence-electron chi connectivity index (χ0n) is 9.93. The molecule has 0 radical (unpaired) electrons. The van der Waals surface area contributed by atoms with Gasteiger partial charge >= 0.3 is 6.18 Å². The monoisotopic (exact) mass is 245 g/mol. The lowest BCUT2D eigenvalue weighted by Crippen LogP contribution is -2.27. The summed E-state index contributed by atoms with van der Waals surface area (Å²) in [6.45, 7) is 2.63. The summed E-state index contributed by atoms with van der Waals surface area (Å²) in [5.74, 6) is 0. The third kappa shape index (κ3) is 5.73. The molecule has 0 fully saturated rings. The molecule has 0 heterocycles. The molecule has 0 bridgehead atoms. The van der Waals surface area contributed by atoms with Crippen LogP contribution in [0.25, 0.3) is 0 Å². The summed E-state index contributed by atoms with van der Waals surface area (Å²) in [7, 11) is 0. The predicted molar refractivity (Wildman–Crippen MR) is 62.8 cm³/mol. The van der Waals surface area contributed by atoms with E-state index in [1.54, 1.807) is 30.3 Å². The van der Waals surface area contributed by atoms with Crippen LogP contribution in [0.3, 0.4) is 0 Å². The third-order valence-corrected chi connectivity index (χ3v) is 2.56. The molecule has 17 heavy (non-hydrogen) atoms. The molecule has 0 aliphatic carbocycles. The van der Waals surface area contributed by atoms with Gasteiger partial charge in [-0.2, -0.15) is 13.2 Å². The molecular formula is C13H18F3N. The summed E-state index contributed by atoms with van der Waals surface area (Å²) in [6, 6.07) is 8.16. The molecule has 1 nitrogen and oxygen atoms in total. The van der Waals surface area contributed by atoms with Gasteiger partial charge in [-0.05, 0) is 18.5 Å². The number of unbranched alkanes of at least 4 members (excludes halogenated alkanes) is 1. The second-order valence-electron chi connectivity index (χ2n) is 4.09. The Bertz CT molecular complexity index is 308. The average molecular weight is 245 g/mol. The third-order valence-electron chi connectivity index (χ3n) is 2.56. The van der Waals surface area contributed by atoms with Crippen molar-refractivity contribution < 1.29 is 13.2 Å². The summed E-state index contributed by atoms with van der Waals surface area (Å²) < 4.78 is 37.4. The van der Waals surface area contributed by atoms with Gasteiger partial charge in [0, 0.05) is 6.04 Å². The van der Waals surface area contributed by atoms with Gasteiger partial charge in [-0.25, -0.2) is 0 Å². The van der Waals surface area contributed by atoms with Gasteiger partial charge in [-0.3, -0.25) is 0 Å². The van der Waals surface area contributed by atoms with Gasteiger partial charge in [-0.15, -0.1) is 0 Å². The number of benzene rings is 1. The maximum atomic E-state index is 12.5. The maximum Gasteiger partial charge on any atom is 0.390 e. The first-order chi connectivity index (χ1) is 8.03. The Morgan fingerprint density at radius 1 is 1.18 bits per heavy atom. The molecule has 1 unspecified atom stereocenters. The molecule has 0 aromatic heterocycles. The van der Waals surface area contributed by atoms with Crippen molar-refractivity contribution in [2.45, 2.75) is 38.4 Å². The zero-order valence-corrected chi connectivity index (χ0v) is 9.93. The lowest BCUT2D eigenvalue weighted by Gasteiger charge is -2.20. The van der Waals surface area contributed by atoms with Gasteiger partial charge < -0.3 is 5.32 Å². The van der Waals surface area contributed by atoms with E-state index in [1.807, 2.05) is 6.92 Å². The molecule has 1 N–H and O–H groups in total. The number of nitrogens with one attached hydrogen (secondary N) is 1. The van der Waals surface area contributed by atoms with Gasteiger partial charge in [0.15, 0.2) is 0 Å². The van der Waals surface area contributed by atoms with Crippen LogP contribution in [-0.2, 0) is 0 Å². The lowest BCUT2D eigenvalue weighted by molar-refractivity contribution is -0.140. The maximum absolute atomic E-state index is 12.5. The van der Waals surface area contributed by atoms with E-state index in [0.29, 0.717) is 12.1 Å². The number of halogens is 3. The van der Waals surface area contributed by atoms with Crippen LogP contribution in [0.4, 0.5) is 13.2 Å². The quantitative estimate of drug-likeness (QED) is 0.745. The Kier molecular flexibility index (Phi) is 5.48. The fourth-order valence-corrected chi connectivity index (χ4v) is 1.68. The predicted octanol–water partition coefficient (Wildman–Crippen LogP) is 4.07. The highest BCUT2D eigenvalue weighted by molar-refractivity contribution is 5.19. The van der Waals surface area contributed by atoms with E-state index in [4.69, 9.17) is 0 Å². The van der Waals surface area contributed by atoms with E-state index in [-0.39, 0.29) is 0 Å². The minimum atomic E-state index is -4.14. The standard InChI is InChI=1S/C13H18F3N/c1-2-3-9-17-12(10-13(14,15)16)11-7-5-4-6-8-11/h4-8,12,17H,2-3,9-10H2,1H3. The Morgan fingerprint density at radius 2 is 1.82 bits per heavy atom. The topological polar surface area (TPSA) is 12.0 Å². The summed E-state index contributed by atoms with van der Waals surface area (Å²) in [5.41, 5.74) is 0.695. The summed E-state index contributed by atoms with van der Waals surface area (Å²) in [5, 5.41) is 2.97. The van der Waals surface area contributed by atoms with Gasteiger partial charge in [-0.1, -0.05) is 43.7 Å². The molecule has 0 spiro atoms. The van der Waals surface area contributed by atoms with Crippen LogP contribution in [0, 0.1) is 0 Å². The molecule has 0 amide bonds. The van der Waals surface area contributed by atoms with Gasteiger partial charge in [0.05, 0.1) is 6.42 Å². The first-order valence-corrected chi connectivity index (χ1v) is 5.88. The van der Waals surface area contributed by atoms with Gasteiger partial charge in [0.25, 0.3) is 0 Å². The number of hydrogen-bond donors (Lipinski definition) is 1. The van der Waals surface area contributed by atoms with E-state index in [2.05, 4.69) is 5.32 Å². The number of alkyl halides is 3. The fraction of sp³-hybridized carbons (Fsp3) is 0.538. The molecule has 4 heteroatoms. The highest BCUT2D eigenvalue weighted by Crippen LogP contribution is 2.29. The van der Waals surface area contributed by atoms with Crippen molar-refractivity contribution in [3.63, 3.8) is 0 Å². The smallest absolute Gasteiger partial charge is 0.310 e. The SMILES string of the molecule is CCCCNC(CC(F)(F)F)c1ccccc1. The molecule has 1 rings (SSSR count). The Labute approximate surface area is 100 Å². The summed E-state index contributed by atoms with van der Waals surface area (Å²) in [6.07, 6.45) is -3.10. The zero-order chi connectivity index (χ0) is 12.7. The molecule has 0 aliphatic rings. The van der Waals surface area contributed by atoms with Crippen molar-refractivity contribution in [2.75, 3.05) is 6.54 Å². The van der Waals surface area contributed by atoms with E-state index in [9.17, 15) is 13.2 Å². The molecule has 1 aromatic rings. The second kappa shape index (κ2) is 6.64. The molecule has 0 saturated heterocycles. The van der Waals surface area contributed by atoms with Crippen LogP contribution in [0.15, 0.2) is 30.3 Å². The average Bonchev–Trinajstić information content (AvgIpc) is 2.28. The van der Waals surface area contributed by atoms with Crippen molar-refractivity contribution >= 4 is 0 Å². The van der Waals surface area contributed by atoms with Crippen LogP contribution in [0.5, 0.6) is 0 Å². The fourth-order valence-electron chi connectivity index (χ4n) is 1.68. The van der Waals surface area contributed by atoms with Crippen LogP contribution in [0.1, 0.15) is 37.8 Å². The molecule has 1 aromatic carbocycles. The molecular weight excluding hydrogens is 227 g/mol. The largest absolute Gasteiger partial charge is 0.390 e. The van der Waals surface area contributed by atoms with Crippen LogP contribution in [0.2, 0.25) is 0 Å². The first-order valence-electron chi connectivity index (χ1n) is 5.88. The van der Waals surface area contributed by atoms with Crippen molar-refractivity contribution in [2.24, 2.45) is 0 Å². The molecule has 0 saturated carbocycles. The van der Waals surface area contributed by atoms with Crippen LogP contribution >= 0.6 is 0 Å². The molecule has 96 valence electrons. The van der Waals surface area contributed by atoms with Crippen LogP contribution < -0.4 is 5.32 Å². The highest BCUT2D eigenvalue weighted by atomic mass is 19.4. The molecule has 0 aliphatic heterocycles. The van der Waals surface area contributed by atoms with Gasteiger partial charge in [0.1, 0.15) is 0 Å². The summed E-state index contributed by atoms with van der Waals surface area (Å²) >= 11 is 0. The van der Waals surface area contributed by atoms with Crippen molar-refractivity contribution in [1.29, 1.82) is 0 Å². The lowest BCUT2D eigenvalue weighted by atomic mass is 10.0. The first kappa shape index (κ1) is 14.0. The van der Waals surface area contributed by atoms with Crippen molar-refractivity contribution in [3.05, 3.63) is 35.9 Å². The highest BCUT2D eigenvalue weighted by Gasteiger charge is 2.32. The minimum absolute atomic E-state index is 0.617. The Hall–Kier alpha value is -1.03. The number of hydrogen-bond acceptors (Lipinski definition) is 1. The van der Waals surface area contributed by atoms with E-state index >= 15 is 0 Å². The van der Waals surface area contributed by atoms with Crippen molar-refractivity contribution in [1.82, 2.24) is 5.32 Å². The Morgan fingerprint density at radius 3 is 2.35 bits per heavy atom. The van der Waals surface area contributed by atoms with Gasteiger partial charge in [0.2, 0.25) is 0 Å². The Balaban J connectivity index is 2.65.